The number of benzene rings is 3. The molecule has 3 nitrogen and oxygen atoms in total. The summed E-state index contributed by atoms with van der Waals surface area (Å²) in [5, 5.41) is 1.13. The van der Waals surface area contributed by atoms with Gasteiger partial charge in [0.15, 0.2) is 11.6 Å². The predicted octanol–water partition coefficient (Wildman–Crippen LogP) is 7.27. The smallest absolute Gasteiger partial charge is 0.399 e. The molecule has 0 atom stereocenters. The Balaban J connectivity index is 1.43. The number of methoxy groups -OCH3 is 1. The van der Waals surface area contributed by atoms with Gasteiger partial charge < -0.3 is 9.47 Å². The molecule has 1 heterocycles. The van der Waals surface area contributed by atoms with Crippen LogP contribution in [-0.4, -0.2) is 18.5 Å². The molecule has 0 bridgehead atoms. The number of hydrogen-bond acceptors (Lipinski definition) is 3. The van der Waals surface area contributed by atoms with Crippen LogP contribution in [-0.2, 0) is 37.0 Å². The van der Waals surface area contributed by atoms with E-state index in [2.05, 4.69) is 9.72 Å². The molecule has 3 aromatic carbocycles. The Hall–Kier alpha value is -3.59. The van der Waals surface area contributed by atoms with Crippen molar-refractivity contribution in [3.8, 4) is 5.75 Å². The SMILES string of the molecule is COCc1ccc(CCc2ccc3c(F)c(CCc4cc(F)c(OC(F)(F)F)c(F)c4)ccc3c2)nc1. The van der Waals surface area contributed by atoms with Crippen LogP contribution >= 0.6 is 0 Å². The van der Waals surface area contributed by atoms with Crippen LogP contribution in [0.15, 0.2) is 60.8 Å². The van der Waals surface area contributed by atoms with Crippen molar-refractivity contribution in [2.75, 3.05) is 7.11 Å². The fourth-order valence-electron chi connectivity index (χ4n) is 4.11. The van der Waals surface area contributed by atoms with E-state index in [0.717, 1.165) is 41.8 Å². The van der Waals surface area contributed by atoms with Crippen molar-refractivity contribution in [3.63, 3.8) is 0 Å². The minimum Gasteiger partial charge on any atom is -0.399 e. The summed E-state index contributed by atoms with van der Waals surface area (Å²) in [5.41, 5.74) is 3.37. The largest absolute Gasteiger partial charge is 0.573 e. The fraction of sp³-hybridized carbons (Fsp3) is 0.250. The van der Waals surface area contributed by atoms with Gasteiger partial charge in [0.05, 0.1) is 6.61 Å². The molecule has 0 saturated heterocycles. The number of pyridine rings is 1. The van der Waals surface area contributed by atoms with Crippen LogP contribution in [0.3, 0.4) is 0 Å². The molecule has 0 amide bonds. The van der Waals surface area contributed by atoms with E-state index < -0.39 is 29.6 Å². The summed E-state index contributed by atoms with van der Waals surface area (Å²) < 4.78 is 88.5. The first-order valence-corrected chi connectivity index (χ1v) is 11.5. The zero-order valence-corrected chi connectivity index (χ0v) is 19.8. The number of aryl methyl sites for hydroxylation is 4. The first-order valence-electron chi connectivity index (χ1n) is 11.5. The number of aromatic nitrogens is 1. The Labute approximate surface area is 209 Å². The van der Waals surface area contributed by atoms with E-state index >= 15 is 4.39 Å². The lowest BCUT2D eigenvalue weighted by atomic mass is 9.97. The third-order valence-corrected chi connectivity index (χ3v) is 5.92. The Bertz CT molecular complexity index is 1360. The summed E-state index contributed by atoms with van der Waals surface area (Å²) in [7, 11) is 1.63. The highest BCUT2D eigenvalue weighted by atomic mass is 19.4. The molecule has 0 N–H and O–H groups in total. The first kappa shape index (κ1) is 26.5. The zero-order valence-electron chi connectivity index (χ0n) is 19.8. The second kappa shape index (κ2) is 11.2. The lowest BCUT2D eigenvalue weighted by Gasteiger charge is -2.12. The van der Waals surface area contributed by atoms with Gasteiger partial charge in [-0.15, -0.1) is 13.2 Å². The summed E-state index contributed by atoms with van der Waals surface area (Å²) in [6.45, 7) is 0.502. The second-order valence-corrected chi connectivity index (χ2v) is 8.62. The maximum Gasteiger partial charge on any atom is 0.573 e. The topological polar surface area (TPSA) is 31.4 Å². The molecule has 0 fully saturated rings. The zero-order chi connectivity index (χ0) is 26.6. The van der Waals surface area contributed by atoms with Crippen LogP contribution in [0.1, 0.15) is 27.9 Å². The van der Waals surface area contributed by atoms with E-state index in [-0.39, 0.29) is 18.4 Å². The van der Waals surface area contributed by atoms with Gasteiger partial charge in [0.1, 0.15) is 5.82 Å². The maximum absolute atomic E-state index is 15.2. The number of halogens is 6. The normalized spacial score (nSPS) is 11.8. The van der Waals surface area contributed by atoms with Gasteiger partial charge in [-0.2, -0.15) is 0 Å². The number of rotatable bonds is 9. The fourth-order valence-corrected chi connectivity index (χ4v) is 4.11. The summed E-state index contributed by atoms with van der Waals surface area (Å²) in [5.74, 6) is -4.90. The van der Waals surface area contributed by atoms with Crippen molar-refractivity contribution in [3.05, 3.63) is 106 Å². The minimum absolute atomic E-state index is 0.0246. The van der Waals surface area contributed by atoms with E-state index in [1.807, 2.05) is 24.3 Å². The molecule has 0 spiro atoms. The Morgan fingerprint density at radius 1 is 0.757 bits per heavy atom. The average Bonchev–Trinajstić information content (AvgIpc) is 2.85. The van der Waals surface area contributed by atoms with E-state index in [9.17, 15) is 22.0 Å². The lowest BCUT2D eigenvalue weighted by molar-refractivity contribution is -0.276. The predicted molar refractivity (Wildman–Crippen MR) is 127 cm³/mol. The van der Waals surface area contributed by atoms with Crippen LogP contribution < -0.4 is 4.74 Å². The van der Waals surface area contributed by atoms with Crippen LogP contribution in [0.2, 0.25) is 0 Å². The summed E-state index contributed by atoms with van der Waals surface area (Å²) in [6.07, 6.45) is -1.86. The number of hydrogen-bond donors (Lipinski definition) is 0. The summed E-state index contributed by atoms with van der Waals surface area (Å²) in [6, 6.07) is 14.3. The van der Waals surface area contributed by atoms with E-state index in [1.54, 1.807) is 31.5 Å². The van der Waals surface area contributed by atoms with Gasteiger partial charge in [0, 0.05) is 24.4 Å². The van der Waals surface area contributed by atoms with E-state index in [4.69, 9.17) is 4.74 Å². The quantitative estimate of drug-likeness (QED) is 0.218. The van der Waals surface area contributed by atoms with Gasteiger partial charge in [-0.25, -0.2) is 13.2 Å². The Kier molecular flexibility index (Phi) is 8.02. The highest BCUT2D eigenvalue weighted by Crippen LogP contribution is 2.30. The van der Waals surface area contributed by atoms with Crippen molar-refractivity contribution in [1.29, 1.82) is 0 Å². The molecule has 194 valence electrons. The molecule has 0 aliphatic carbocycles. The van der Waals surface area contributed by atoms with Crippen molar-refractivity contribution < 1.29 is 35.8 Å². The number of fused-ring (bicyclic) bond motifs is 1. The molecule has 9 heteroatoms. The molecular formula is C28H23F6NO2. The monoisotopic (exact) mass is 519 g/mol. The third kappa shape index (κ3) is 6.80. The van der Waals surface area contributed by atoms with E-state index in [1.165, 1.54) is 0 Å². The standard InChI is InChI=1S/C28H23F6NO2/c1-36-16-19-4-10-22(35-15-19)9-3-17-5-11-23-21(12-17)8-7-20(26(23)31)6-2-18-13-24(29)27(25(30)14-18)37-28(32,33)34/h4-5,7-8,10-15H,2-3,6,9,16H2,1H3. The van der Waals surface area contributed by atoms with Crippen molar-refractivity contribution in [2.45, 2.75) is 38.7 Å². The third-order valence-electron chi connectivity index (χ3n) is 5.92. The van der Waals surface area contributed by atoms with Gasteiger partial charge in [0.25, 0.3) is 0 Å². The highest BCUT2D eigenvalue weighted by Gasteiger charge is 2.34. The Morgan fingerprint density at radius 3 is 2.11 bits per heavy atom. The molecule has 0 aliphatic heterocycles. The average molecular weight is 519 g/mol. The molecule has 0 saturated carbocycles. The van der Waals surface area contributed by atoms with Crippen molar-refractivity contribution >= 4 is 10.8 Å². The van der Waals surface area contributed by atoms with Crippen LogP contribution in [0.5, 0.6) is 5.75 Å². The maximum atomic E-state index is 15.2. The number of ether oxygens (including phenoxy) is 2. The lowest BCUT2D eigenvalue weighted by Crippen LogP contribution is -2.19. The summed E-state index contributed by atoms with van der Waals surface area (Å²) >= 11 is 0. The van der Waals surface area contributed by atoms with Crippen LogP contribution in [0.25, 0.3) is 10.8 Å². The molecule has 0 radical (unpaired) electrons. The molecule has 37 heavy (non-hydrogen) atoms. The van der Waals surface area contributed by atoms with Gasteiger partial charge in [0.2, 0.25) is 5.75 Å². The van der Waals surface area contributed by atoms with Gasteiger partial charge in [-0.3, -0.25) is 4.98 Å². The molecular weight excluding hydrogens is 496 g/mol. The molecule has 0 unspecified atom stereocenters. The molecule has 4 aromatic rings. The van der Waals surface area contributed by atoms with E-state index in [0.29, 0.717) is 22.9 Å². The highest BCUT2D eigenvalue weighted by molar-refractivity contribution is 5.84. The Morgan fingerprint density at radius 2 is 1.46 bits per heavy atom. The number of nitrogens with zero attached hydrogens (tertiary/aromatic N) is 1. The first-order chi connectivity index (χ1) is 17.6. The molecule has 4 rings (SSSR count). The van der Waals surface area contributed by atoms with Crippen LogP contribution in [0.4, 0.5) is 26.3 Å². The summed E-state index contributed by atoms with van der Waals surface area (Å²) in [4.78, 5) is 4.43. The van der Waals surface area contributed by atoms with Crippen LogP contribution in [0, 0.1) is 17.5 Å². The second-order valence-electron chi connectivity index (χ2n) is 8.62. The van der Waals surface area contributed by atoms with Gasteiger partial charge in [-0.1, -0.05) is 36.4 Å². The van der Waals surface area contributed by atoms with Gasteiger partial charge >= 0.3 is 6.36 Å². The van der Waals surface area contributed by atoms with Crippen molar-refractivity contribution in [2.24, 2.45) is 0 Å². The van der Waals surface area contributed by atoms with Crippen molar-refractivity contribution in [1.82, 2.24) is 4.98 Å². The van der Waals surface area contributed by atoms with Gasteiger partial charge in [-0.05, 0) is 71.5 Å². The molecule has 0 aliphatic rings. The number of alkyl halides is 3. The minimum atomic E-state index is -5.22. The molecule has 1 aromatic heterocycles.